The van der Waals surface area contributed by atoms with E-state index in [0.717, 1.165) is 33.2 Å². The van der Waals surface area contributed by atoms with Crippen molar-refractivity contribution in [3.8, 4) is 16.9 Å². The molecule has 0 aliphatic heterocycles. The summed E-state index contributed by atoms with van der Waals surface area (Å²) < 4.78 is 5.93. The van der Waals surface area contributed by atoms with Crippen LogP contribution in [-0.4, -0.2) is 4.98 Å². The summed E-state index contributed by atoms with van der Waals surface area (Å²) in [5.41, 5.74) is 9.35. The van der Waals surface area contributed by atoms with Crippen molar-refractivity contribution >= 4 is 16.6 Å². The third kappa shape index (κ3) is 3.31. The molecule has 25 heavy (non-hydrogen) atoms. The Morgan fingerprint density at radius 2 is 1.64 bits per heavy atom. The fourth-order valence-electron chi connectivity index (χ4n) is 2.88. The largest absolute Gasteiger partial charge is 0.489 e. The maximum atomic E-state index is 6.01. The fourth-order valence-corrected chi connectivity index (χ4v) is 2.88. The summed E-state index contributed by atoms with van der Waals surface area (Å²) in [6.07, 6.45) is 1.73. The van der Waals surface area contributed by atoms with Gasteiger partial charge in [-0.15, -0.1) is 0 Å². The average Bonchev–Trinajstić information content (AvgIpc) is 2.68. The molecule has 0 unspecified atom stereocenters. The highest BCUT2D eigenvalue weighted by Gasteiger charge is 2.04. The Labute approximate surface area is 146 Å². The topological polar surface area (TPSA) is 48.1 Å². The molecule has 0 aliphatic rings. The van der Waals surface area contributed by atoms with Gasteiger partial charge in [0.2, 0.25) is 0 Å². The predicted octanol–water partition coefficient (Wildman–Crippen LogP) is 5.06. The smallest absolute Gasteiger partial charge is 0.131 e. The standard InChI is InChI=1S/C22H18N2O/c23-22-21-14-19(10-9-17(21)11-12-24-22)18-7-4-8-20(13-18)25-15-16-5-2-1-3-6-16/h1-14H,15H2,(H2,23,24). The number of anilines is 1. The van der Waals surface area contributed by atoms with Gasteiger partial charge in [0.25, 0.3) is 0 Å². The number of benzene rings is 3. The molecule has 4 rings (SSSR count). The molecule has 4 aromatic rings. The van der Waals surface area contributed by atoms with Crippen molar-refractivity contribution in [2.24, 2.45) is 0 Å². The minimum atomic E-state index is 0.552. The van der Waals surface area contributed by atoms with Crippen LogP contribution >= 0.6 is 0 Å². The lowest BCUT2D eigenvalue weighted by atomic mass is 10.0. The molecule has 3 nitrogen and oxygen atoms in total. The van der Waals surface area contributed by atoms with Gasteiger partial charge in [-0.3, -0.25) is 0 Å². The third-order valence-electron chi connectivity index (χ3n) is 4.21. The number of nitrogens with zero attached hydrogens (tertiary/aromatic N) is 1. The summed E-state index contributed by atoms with van der Waals surface area (Å²) in [6.45, 7) is 0.554. The third-order valence-corrected chi connectivity index (χ3v) is 4.21. The van der Waals surface area contributed by atoms with Crippen molar-refractivity contribution in [1.82, 2.24) is 4.98 Å². The SMILES string of the molecule is Nc1nccc2ccc(-c3cccc(OCc4ccccc4)c3)cc12. The van der Waals surface area contributed by atoms with Crippen LogP contribution in [0.2, 0.25) is 0 Å². The number of nitrogen functional groups attached to an aromatic ring is 1. The molecule has 0 aliphatic carbocycles. The maximum absolute atomic E-state index is 6.01. The molecule has 3 heteroatoms. The number of hydrogen-bond acceptors (Lipinski definition) is 3. The highest BCUT2D eigenvalue weighted by atomic mass is 16.5. The summed E-state index contributed by atoms with van der Waals surface area (Å²) in [5, 5.41) is 2.06. The van der Waals surface area contributed by atoms with Crippen molar-refractivity contribution in [3.05, 3.63) is 90.6 Å². The first-order chi connectivity index (χ1) is 12.3. The molecule has 0 spiro atoms. The molecule has 0 radical (unpaired) electrons. The second-order valence-electron chi connectivity index (χ2n) is 5.93. The van der Waals surface area contributed by atoms with Crippen LogP contribution in [0.5, 0.6) is 5.75 Å². The molecule has 0 bridgehead atoms. The Balaban J connectivity index is 1.62. The van der Waals surface area contributed by atoms with Gasteiger partial charge in [0.15, 0.2) is 0 Å². The van der Waals surface area contributed by atoms with E-state index in [2.05, 4.69) is 47.4 Å². The van der Waals surface area contributed by atoms with Crippen LogP contribution in [-0.2, 0) is 6.61 Å². The predicted molar refractivity (Wildman–Crippen MR) is 102 cm³/mol. The lowest BCUT2D eigenvalue weighted by molar-refractivity contribution is 0.306. The van der Waals surface area contributed by atoms with Crippen molar-refractivity contribution in [3.63, 3.8) is 0 Å². The second-order valence-corrected chi connectivity index (χ2v) is 5.93. The van der Waals surface area contributed by atoms with Crippen LogP contribution in [0.4, 0.5) is 5.82 Å². The number of aromatic nitrogens is 1. The number of hydrogen-bond donors (Lipinski definition) is 1. The zero-order valence-corrected chi connectivity index (χ0v) is 13.7. The molecule has 122 valence electrons. The monoisotopic (exact) mass is 326 g/mol. The first kappa shape index (κ1) is 15.2. The average molecular weight is 326 g/mol. The van der Waals surface area contributed by atoms with E-state index in [4.69, 9.17) is 10.5 Å². The van der Waals surface area contributed by atoms with E-state index in [1.54, 1.807) is 6.20 Å². The van der Waals surface area contributed by atoms with E-state index in [1.165, 1.54) is 0 Å². The van der Waals surface area contributed by atoms with Crippen LogP contribution in [0, 0.1) is 0 Å². The van der Waals surface area contributed by atoms with E-state index in [1.807, 2.05) is 36.4 Å². The first-order valence-electron chi connectivity index (χ1n) is 8.21. The minimum absolute atomic E-state index is 0.552. The van der Waals surface area contributed by atoms with Crippen molar-refractivity contribution in [1.29, 1.82) is 0 Å². The molecular weight excluding hydrogens is 308 g/mol. The summed E-state index contributed by atoms with van der Waals surface area (Å²) in [5.74, 6) is 1.40. The fraction of sp³-hybridized carbons (Fsp3) is 0.0455. The molecule has 0 amide bonds. The summed E-state index contributed by atoms with van der Waals surface area (Å²) >= 11 is 0. The van der Waals surface area contributed by atoms with Crippen LogP contribution in [0.15, 0.2) is 85.1 Å². The van der Waals surface area contributed by atoms with Gasteiger partial charge >= 0.3 is 0 Å². The molecule has 0 fully saturated rings. The number of rotatable bonds is 4. The van der Waals surface area contributed by atoms with E-state index in [9.17, 15) is 0 Å². The van der Waals surface area contributed by atoms with Gasteiger partial charge in [0.1, 0.15) is 18.2 Å². The van der Waals surface area contributed by atoms with Gasteiger partial charge in [-0.05, 0) is 46.3 Å². The van der Waals surface area contributed by atoms with Gasteiger partial charge in [-0.2, -0.15) is 0 Å². The molecular formula is C22H18N2O. The Bertz CT molecular complexity index is 1010. The van der Waals surface area contributed by atoms with Crippen molar-refractivity contribution in [2.45, 2.75) is 6.61 Å². The molecule has 0 saturated carbocycles. The number of ether oxygens (including phenoxy) is 1. The Kier molecular flexibility index (Phi) is 4.05. The van der Waals surface area contributed by atoms with Crippen molar-refractivity contribution in [2.75, 3.05) is 5.73 Å². The molecule has 1 aromatic heterocycles. The maximum Gasteiger partial charge on any atom is 0.131 e. The lowest BCUT2D eigenvalue weighted by Gasteiger charge is -2.09. The zero-order valence-electron chi connectivity index (χ0n) is 13.7. The number of pyridine rings is 1. The Morgan fingerprint density at radius 3 is 2.52 bits per heavy atom. The number of fused-ring (bicyclic) bond motifs is 1. The van der Waals surface area contributed by atoms with Gasteiger partial charge in [0, 0.05) is 11.6 Å². The zero-order chi connectivity index (χ0) is 17.1. The van der Waals surface area contributed by atoms with E-state index >= 15 is 0 Å². The van der Waals surface area contributed by atoms with Crippen LogP contribution in [0.25, 0.3) is 21.9 Å². The van der Waals surface area contributed by atoms with Gasteiger partial charge in [-0.25, -0.2) is 4.98 Å². The molecule has 3 aromatic carbocycles. The Morgan fingerprint density at radius 1 is 0.800 bits per heavy atom. The van der Waals surface area contributed by atoms with Gasteiger partial charge in [0.05, 0.1) is 0 Å². The van der Waals surface area contributed by atoms with Crippen LogP contribution in [0.3, 0.4) is 0 Å². The molecule has 0 saturated heterocycles. The van der Waals surface area contributed by atoms with E-state index in [0.29, 0.717) is 12.4 Å². The van der Waals surface area contributed by atoms with Crippen molar-refractivity contribution < 1.29 is 4.74 Å². The van der Waals surface area contributed by atoms with Gasteiger partial charge in [-0.1, -0.05) is 54.6 Å². The highest BCUT2D eigenvalue weighted by molar-refractivity contribution is 5.94. The highest BCUT2D eigenvalue weighted by Crippen LogP contribution is 2.29. The summed E-state index contributed by atoms with van der Waals surface area (Å²) in [4.78, 5) is 4.18. The van der Waals surface area contributed by atoms with Crippen LogP contribution in [0.1, 0.15) is 5.56 Å². The summed E-state index contributed by atoms with van der Waals surface area (Å²) in [6, 6.07) is 26.5. The lowest BCUT2D eigenvalue weighted by Crippen LogP contribution is -1.95. The van der Waals surface area contributed by atoms with Crippen LogP contribution < -0.4 is 10.5 Å². The molecule has 1 heterocycles. The van der Waals surface area contributed by atoms with E-state index < -0.39 is 0 Å². The Hall–Kier alpha value is -3.33. The van der Waals surface area contributed by atoms with E-state index in [-0.39, 0.29) is 0 Å². The minimum Gasteiger partial charge on any atom is -0.489 e. The quantitative estimate of drug-likeness (QED) is 0.570. The normalized spacial score (nSPS) is 10.7. The summed E-state index contributed by atoms with van der Waals surface area (Å²) in [7, 11) is 0. The second kappa shape index (κ2) is 6.65. The molecule has 2 N–H and O–H groups in total. The van der Waals surface area contributed by atoms with Gasteiger partial charge < -0.3 is 10.5 Å². The first-order valence-corrected chi connectivity index (χ1v) is 8.21. The molecule has 0 atom stereocenters. The number of nitrogens with two attached hydrogens (primary N) is 1.